The van der Waals surface area contributed by atoms with E-state index in [1.165, 1.54) is 32.1 Å². The van der Waals surface area contributed by atoms with E-state index in [0.717, 1.165) is 24.2 Å². The van der Waals surface area contributed by atoms with Crippen LogP contribution in [0.3, 0.4) is 0 Å². The normalized spacial score (nSPS) is 15.9. The summed E-state index contributed by atoms with van der Waals surface area (Å²) in [6.07, 6.45) is 8.04. The van der Waals surface area contributed by atoms with Crippen molar-refractivity contribution >= 4 is 11.6 Å². The van der Waals surface area contributed by atoms with Crippen molar-refractivity contribution in [2.75, 3.05) is 11.4 Å². The highest BCUT2D eigenvalue weighted by Crippen LogP contribution is 2.28. The number of rotatable bonds is 6. The first-order chi connectivity index (χ1) is 10.2. The summed E-state index contributed by atoms with van der Waals surface area (Å²) in [7, 11) is 0. The average molecular weight is 288 g/mol. The molecule has 1 aromatic carbocycles. The Morgan fingerprint density at radius 1 is 1.19 bits per heavy atom. The maximum absolute atomic E-state index is 12.7. The Morgan fingerprint density at radius 2 is 1.86 bits per heavy atom. The molecule has 0 unspecified atom stereocenters. The van der Waals surface area contributed by atoms with E-state index in [9.17, 15) is 4.79 Å². The maximum atomic E-state index is 12.7. The molecule has 0 aliphatic heterocycles. The van der Waals surface area contributed by atoms with Crippen LogP contribution in [0.1, 0.15) is 57.4 Å². The minimum atomic E-state index is 0.282. The molecule has 3 nitrogen and oxygen atoms in total. The van der Waals surface area contributed by atoms with Gasteiger partial charge < -0.3 is 10.6 Å². The number of nitrogens with zero attached hydrogens (tertiary/aromatic N) is 1. The summed E-state index contributed by atoms with van der Waals surface area (Å²) < 4.78 is 0. The Bertz CT molecular complexity index is 435. The van der Waals surface area contributed by atoms with Gasteiger partial charge in [0.1, 0.15) is 0 Å². The number of nitrogens with two attached hydrogens (primary N) is 1. The van der Waals surface area contributed by atoms with Crippen molar-refractivity contribution in [2.45, 2.75) is 58.4 Å². The summed E-state index contributed by atoms with van der Waals surface area (Å²) in [4.78, 5) is 14.6. The first-order valence-corrected chi connectivity index (χ1v) is 8.34. The molecule has 0 saturated heterocycles. The molecule has 0 atom stereocenters. The number of hydrogen-bond donors (Lipinski definition) is 1. The third-order valence-electron chi connectivity index (χ3n) is 4.42. The molecule has 0 aromatic heterocycles. The van der Waals surface area contributed by atoms with Gasteiger partial charge >= 0.3 is 0 Å². The van der Waals surface area contributed by atoms with E-state index in [2.05, 4.69) is 6.92 Å². The van der Waals surface area contributed by atoms with Crippen molar-refractivity contribution in [1.82, 2.24) is 0 Å². The molecule has 2 rings (SSSR count). The van der Waals surface area contributed by atoms with Crippen LogP contribution in [-0.2, 0) is 11.3 Å². The van der Waals surface area contributed by atoms with E-state index in [0.29, 0.717) is 18.9 Å². The van der Waals surface area contributed by atoms with Gasteiger partial charge in [-0.2, -0.15) is 0 Å². The fourth-order valence-corrected chi connectivity index (χ4v) is 3.18. The zero-order chi connectivity index (χ0) is 15.1. The molecule has 1 saturated carbocycles. The van der Waals surface area contributed by atoms with Crippen molar-refractivity contribution in [3.05, 3.63) is 29.8 Å². The van der Waals surface area contributed by atoms with Crippen LogP contribution in [0.25, 0.3) is 0 Å². The molecule has 1 fully saturated rings. The fourth-order valence-electron chi connectivity index (χ4n) is 3.18. The molecule has 0 radical (unpaired) electrons. The Labute approximate surface area is 128 Å². The molecule has 2 N–H and O–H groups in total. The highest BCUT2D eigenvalue weighted by atomic mass is 16.2. The number of carbonyl (C=O) groups excluding carboxylic acids is 1. The lowest BCUT2D eigenvalue weighted by atomic mass is 9.86. The van der Waals surface area contributed by atoms with Crippen LogP contribution in [0.4, 0.5) is 5.69 Å². The molecule has 1 amide bonds. The van der Waals surface area contributed by atoms with Gasteiger partial charge in [-0.25, -0.2) is 0 Å². The van der Waals surface area contributed by atoms with E-state index in [1.54, 1.807) is 0 Å². The summed E-state index contributed by atoms with van der Waals surface area (Å²) in [5.41, 5.74) is 7.75. The van der Waals surface area contributed by atoms with Gasteiger partial charge in [0.05, 0.1) is 0 Å². The highest BCUT2D eigenvalue weighted by Gasteiger charge is 2.21. The van der Waals surface area contributed by atoms with Gasteiger partial charge in [-0.15, -0.1) is 0 Å². The van der Waals surface area contributed by atoms with Crippen molar-refractivity contribution in [3.8, 4) is 0 Å². The molecule has 0 heterocycles. The van der Waals surface area contributed by atoms with Crippen LogP contribution in [-0.4, -0.2) is 12.5 Å². The molecular weight excluding hydrogens is 260 g/mol. The molecule has 0 bridgehead atoms. The third-order valence-corrected chi connectivity index (χ3v) is 4.42. The topological polar surface area (TPSA) is 46.3 Å². The predicted octanol–water partition coefficient (Wildman–Crippen LogP) is 3.86. The Morgan fingerprint density at radius 3 is 2.43 bits per heavy atom. The number of amides is 1. The minimum Gasteiger partial charge on any atom is -0.326 e. The summed E-state index contributed by atoms with van der Waals surface area (Å²) in [5, 5.41) is 0. The van der Waals surface area contributed by atoms with Gasteiger partial charge in [-0.05, 0) is 42.9 Å². The summed E-state index contributed by atoms with van der Waals surface area (Å²) in [5.74, 6) is 0.873. The summed E-state index contributed by atoms with van der Waals surface area (Å²) in [6.45, 7) is 3.47. The smallest absolute Gasteiger partial charge is 0.227 e. The van der Waals surface area contributed by atoms with Crippen molar-refractivity contribution in [1.29, 1.82) is 0 Å². The SMILES string of the molecule is CCCN(C(=O)CC1CCCCC1)c1ccc(CN)cc1. The molecule has 116 valence electrons. The highest BCUT2D eigenvalue weighted by molar-refractivity contribution is 5.93. The standard InChI is InChI=1S/C18H28N2O/c1-2-12-20(17-10-8-16(14-19)9-11-17)18(21)13-15-6-4-3-5-7-15/h8-11,15H,2-7,12-14,19H2,1H3. The van der Waals surface area contributed by atoms with Crippen LogP contribution in [0, 0.1) is 5.92 Å². The number of hydrogen-bond acceptors (Lipinski definition) is 2. The monoisotopic (exact) mass is 288 g/mol. The van der Waals surface area contributed by atoms with E-state index >= 15 is 0 Å². The van der Waals surface area contributed by atoms with E-state index < -0.39 is 0 Å². The van der Waals surface area contributed by atoms with Crippen LogP contribution >= 0.6 is 0 Å². The van der Waals surface area contributed by atoms with Crippen LogP contribution in [0.2, 0.25) is 0 Å². The van der Waals surface area contributed by atoms with Gasteiger partial charge in [0.25, 0.3) is 0 Å². The molecule has 1 aliphatic carbocycles. The Hall–Kier alpha value is -1.35. The Kier molecular flexibility index (Phi) is 6.24. The molecular formula is C18H28N2O. The van der Waals surface area contributed by atoms with E-state index in [4.69, 9.17) is 5.73 Å². The molecule has 3 heteroatoms. The third kappa shape index (κ3) is 4.57. The summed E-state index contributed by atoms with van der Waals surface area (Å²) >= 11 is 0. The largest absolute Gasteiger partial charge is 0.326 e. The Balaban J connectivity index is 2.03. The van der Waals surface area contributed by atoms with E-state index in [1.807, 2.05) is 29.2 Å². The van der Waals surface area contributed by atoms with Crippen LogP contribution in [0.15, 0.2) is 24.3 Å². The zero-order valence-electron chi connectivity index (χ0n) is 13.2. The molecule has 0 spiro atoms. The number of benzene rings is 1. The van der Waals surface area contributed by atoms with Gasteiger partial charge in [0, 0.05) is 25.2 Å². The molecule has 1 aromatic rings. The number of anilines is 1. The van der Waals surface area contributed by atoms with Gasteiger partial charge in [-0.1, -0.05) is 38.3 Å². The van der Waals surface area contributed by atoms with Crippen molar-refractivity contribution in [3.63, 3.8) is 0 Å². The average Bonchev–Trinajstić information content (AvgIpc) is 2.53. The first-order valence-electron chi connectivity index (χ1n) is 8.34. The summed E-state index contributed by atoms with van der Waals surface area (Å²) in [6, 6.07) is 8.09. The predicted molar refractivity (Wildman–Crippen MR) is 88.2 cm³/mol. The second-order valence-corrected chi connectivity index (χ2v) is 6.12. The molecule has 21 heavy (non-hydrogen) atoms. The lowest BCUT2D eigenvalue weighted by Crippen LogP contribution is -2.33. The lowest BCUT2D eigenvalue weighted by Gasteiger charge is -2.27. The fraction of sp³-hybridized carbons (Fsp3) is 0.611. The minimum absolute atomic E-state index is 0.282. The van der Waals surface area contributed by atoms with Crippen LogP contribution in [0.5, 0.6) is 0 Å². The number of carbonyl (C=O) groups is 1. The quantitative estimate of drug-likeness (QED) is 0.864. The van der Waals surface area contributed by atoms with Gasteiger partial charge in [0.2, 0.25) is 5.91 Å². The maximum Gasteiger partial charge on any atom is 0.227 e. The van der Waals surface area contributed by atoms with Crippen LogP contribution < -0.4 is 10.6 Å². The van der Waals surface area contributed by atoms with Gasteiger partial charge in [0.15, 0.2) is 0 Å². The molecule has 1 aliphatic rings. The lowest BCUT2D eigenvalue weighted by molar-refractivity contribution is -0.119. The second-order valence-electron chi connectivity index (χ2n) is 6.12. The zero-order valence-corrected chi connectivity index (χ0v) is 13.2. The van der Waals surface area contributed by atoms with Crippen molar-refractivity contribution < 1.29 is 4.79 Å². The van der Waals surface area contributed by atoms with Gasteiger partial charge in [-0.3, -0.25) is 4.79 Å². The first kappa shape index (κ1) is 16.0. The van der Waals surface area contributed by atoms with E-state index in [-0.39, 0.29) is 5.91 Å². The van der Waals surface area contributed by atoms with Crippen molar-refractivity contribution in [2.24, 2.45) is 11.7 Å². The second kappa shape index (κ2) is 8.18.